The lowest BCUT2D eigenvalue weighted by Gasteiger charge is -2.14. The molecule has 0 spiro atoms. The Labute approximate surface area is 129 Å². The molecular weight excluding hydrogens is 286 g/mol. The van der Waals surface area contributed by atoms with Crippen LogP contribution in [0.3, 0.4) is 0 Å². The maximum Gasteiger partial charge on any atom is 0.166 e. The van der Waals surface area contributed by atoms with Gasteiger partial charge in [0.15, 0.2) is 6.10 Å². The third-order valence-corrected chi connectivity index (χ3v) is 3.49. The maximum absolute atomic E-state index is 9.74. The molecule has 21 heavy (non-hydrogen) atoms. The van der Waals surface area contributed by atoms with Gasteiger partial charge in [0.1, 0.15) is 12.4 Å². The third-order valence-electron chi connectivity index (χ3n) is 3.26. The zero-order chi connectivity index (χ0) is 15.2. The summed E-state index contributed by atoms with van der Waals surface area (Å²) in [5.74, 6) is 0.803. The molecule has 0 aliphatic carbocycles. The molecule has 108 valence electrons. The second-order valence-electron chi connectivity index (χ2n) is 4.62. The Morgan fingerprint density at radius 1 is 1.24 bits per heavy atom. The molecule has 0 aromatic heterocycles. The minimum absolute atomic E-state index is 0.256. The maximum atomic E-state index is 9.74. The van der Waals surface area contributed by atoms with E-state index >= 15 is 0 Å². The third kappa shape index (κ3) is 3.75. The number of aliphatic hydroxyl groups is 1. The molecule has 4 heteroatoms. The van der Waals surface area contributed by atoms with E-state index in [4.69, 9.17) is 21.6 Å². The van der Waals surface area contributed by atoms with Gasteiger partial charge in [-0.05, 0) is 35.7 Å². The number of ether oxygens (including phenoxy) is 1. The summed E-state index contributed by atoms with van der Waals surface area (Å²) in [6.07, 6.45) is -0.304. The molecule has 0 fully saturated rings. The molecule has 0 radical (unpaired) electrons. The van der Waals surface area contributed by atoms with Crippen molar-refractivity contribution in [2.45, 2.75) is 26.1 Å². The summed E-state index contributed by atoms with van der Waals surface area (Å²) in [5, 5.41) is 19.2. The fourth-order valence-corrected chi connectivity index (χ4v) is 2.32. The molecule has 0 saturated heterocycles. The number of benzene rings is 2. The first-order valence-corrected chi connectivity index (χ1v) is 7.10. The number of hydrogen-bond acceptors (Lipinski definition) is 3. The molecular formula is C17H16ClNO2. The summed E-state index contributed by atoms with van der Waals surface area (Å²) >= 11 is 5.98. The van der Waals surface area contributed by atoms with Crippen molar-refractivity contribution in [3.8, 4) is 11.8 Å². The highest BCUT2D eigenvalue weighted by Crippen LogP contribution is 2.25. The molecule has 0 aliphatic heterocycles. The van der Waals surface area contributed by atoms with Gasteiger partial charge in [0, 0.05) is 10.6 Å². The number of halogens is 1. The van der Waals surface area contributed by atoms with E-state index in [1.807, 2.05) is 30.3 Å². The largest absolute Gasteiger partial charge is 0.489 e. The second kappa shape index (κ2) is 7.12. The zero-order valence-electron chi connectivity index (χ0n) is 11.7. The van der Waals surface area contributed by atoms with Crippen molar-refractivity contribution >= 4 is 11.6 Å². The first-order chi connectivity index (χ1) is 10.2. The summed E-state index contributed by atoms with van der Waals surface area (Å²) in [4.78, 5) is 0. The average Bonchev–Trinajstić information content (AvgIpc) is 2.52. The quantitative estimate of drug-likeness (QED) is 0.848. The Bertz CT molecular complexity index is 664. The Morgan fingerprint density at radius 2 is 2.00 bits per heavy atom. The number of aryl methyl sites for hydroxylation is 1. The molecule has 0 saturated carbocycles. The molecule has 1 atom stereocenters. The van der Waals surface area contributed by atoms with Crippen LogP contribution in [-0.2, 0) is 13.0 Å². The highest BCUT2D eigenvalue weighted by atomic mass is 35.5. The Balaban J connectivity index is 2.23. The van der Waals surface area contributed by atoms with Gasteiger partial charge in [-0.1, -0.05) is 42.8 Å². The Morgan fingerprint density at radius 3 is 2.71 bits per heavy atom. The van der Waals surface area contributed by atoms with Gasteiger partial charge in [0.25, 0.3) is 0 Å². The summed E-state index contributed by atoms with van der Waals surface area (Å²) in [5.41, 5.74) is 2.35. The van der Waals surface area contributed by atoms with Crippen molar-refractivity contribution in [2.75, 3.05) is 0 Å². The van der Waals surface area contributed by atoms with E-state index in [-0.39, 0.29) is 6.61 Å². The average molecular weight is 302 g/mol. The smallest absolute Gasteiger partial charge is 0.166 e. The number of para-hydroxylation sites is 1. The molecule has 2 aromatic carbocycles. The van der Waals surface area contributed by atoms with Crippen LogP contribution in [0, 0.1) is 11.3 Å². The summed E-state index contributed by atoms with van der Waals surface area (Å²) in [6.45, 7) is 2.32. The van der Waals surface area contributed by atoms with Crippen LogP contribution >= 0.6 is 11.6 Å². The number of hydrogen-bond donors (Lipinski definition) is 1. The van der Waals surface area contributed by atoms with E-state index in [0.29, 0.717) is 16.1 Å². The van der Waals surface area contributed by atoms with Gasteiger partial charge in [0.05, 0.1) is 6.07 Å². The lowest BCUT2D eigenvalue weighted by Crippen LogP contribution is -2.05. The highest BCUT2D eigenvalue weighted by molar-refractivity contribution is 6.30. The van der Waals surface area contributed by atoms with E-state index < -0.39 is 6.10 Å². The lowest BCUT2D eigenvalue weighted by atomic mass is 10.0. The number of nitrogens with zero attached hydrogens (tertiary/aromatic N) is 1. The molecule has 3 nitrogen and oxygen atoms in total. The van der Waals surface area contributed by atoms with Crippen molar-refractivity contribution in [3.05, 3.63) is 64.2 Å². The Kier molecular flexibility index (Phi) is 5.21. The van der Waals surface area contributed by atoms with Gasteiger partial charge in [-0.15, -0.1) is 0 Å². The summed E-state index contributed by atoms with van der Waals surface area (Å²) in [6, 6.07) is 14.6. The SMILES string of the molecule is CCc1ccccc1OCc1cc(Cl)ccc1C(O)C#N. The lowest BCUT2D eigenvalue weighted by molar-refractivity contribution is 0.229. The molecule has 2 aromatic rings. The van der Waals surface area contributed by atoms with Crippen LogP contribution in [0.15, 0.2) is 42.5 Å². The number of rotatable bonds is 5. The van der Waals surface area contributed by atoms with Crippen molar-refractivity contribution in [3.63, 3.8) is 0 Å². The van der Waals surface area contributed by atoms with Crippen LogP contribution in [0.4, 0.5) is 0 Å². The fraction of sp³-hybridized carbons (Fsp3) is 0.235. The van der Waals surface area contributed by atoms with Crippen LogP contribution in [0.25, 0.3) is 0 Å². The van der Waals surface area contributed by atoms with Gasteiger partial charge in [-0.3, -0.25) is 0 Å². The normalized spacial score (nSPS) is 11.7. The number of aliphatic hydroxyl groups excluding tert-OH is 1. The molecule has 0 bridgehead atoms. The van der Waals surface area contributed by atoms with Crippen LogP contribution in [0.1, 0.15) is 29.7 Å². The Hall–Kier alpha value is -2.02. The van der Waals surface area contributed by atoms with Gasteiger partial charge < -0.3 is 9.84 Å². The predicted molar refractivity (Wildman–Crippen MR) is 82.2 cm³/mol. The molecule has 0 heterocycles. The molecule has 0 aliphatic rings. The van der Waals surface area contributed by atoms with Gasteiger partial charge in [-0.2, -0.15) is 5.26 Å². The zero-order valence-corrected chi connectivity index (χ0v) is 12.5. The minimum Gasteiger partial charge on any atom is -0.489 e. The van der Waals surface area contributed by atoms with Crippen molar-refractivity contribution in [2.24, 2.45) is 0 Å². The molecule has 1 N–H and O–H groups in total. The van der Waals surface area contributed by atoms with Gasteiger partial charge in [0.2, 0.25) is 0 Å². The van der Waals surface area contributed by atoms with Crippen LogP contribution in [0.5, 0.6) is 5.75 Å². The summed E-state index contributed by atoms with van der Waals surface area (Å²) < 4.78 is 5.83. The second-order valence-corrected chi connectivity index (χ2v) is 5.06. The molecule has 1 unspecified atom stereocenters. The van der Waals surface area contributed by atoms with E-state index in [1.165, 1.54) is 0 Å². The summed E-state index contributed by atoms with van der Waals surface area (Å²) in [7, 11) is 0. The highest BCUT2D eigenvalue weighted by Gasteiger charge is 2.13. The van der Waals surface area contributed by atoms with Gasteiger partial charge >= 0.3 is 0 Å². The van der Waals surface area contributed by atoms with Crippen molar-refractivity contribution in [1.29, 1.82) is 5.26 Å². The first-order valence-electron chi connectivity index (χ1n) is 6.72. The molecule has 0 amide bonds. The number of nitriles is 1. The monoisotopic (exact) mass is 301 g/mol. The van der Waals surface area contributed by atoms with Crippen molar-refractivity contribution in [1.82, 2.24) is 0 Å². The van der Waals surface area contributed by atoms with E-state index in [2.05, 4.69) is 6.92 Å². The van der Waals surface area contributed by atoms with E-state index in [1.54, 1.807) is 18.2 Å². The van der Waals surface area contributed by atoms with Crippen LogP contribution in [0.2, 0.25) is 5.02 Å². The first kappa shape index (κ1) is 15.4. The topological polar surface area (TPSA) is 53.2 Å². The molecule has 2 rings (SSSR count). The van der Waals surface area contributed by atoms with E-state index in [9.17, 15) is 5.11 Å². The fourth-order valence-electron chi connectivity index (χ4n) is 2.13. The predicted octanol–water partition coefficient (Wildman–Crippen LogP) is 4.04. The van der Waals surface area contributed by atoms with Crippen molar-refractivity contribution < 1.29 is 9.84 Å². The van der Waals surface area contributed by atoms with Crippen LogP contribution < -0.4 is 4.74 Å². The minimum atomic E-state index is -1.18. The van der Waals surface area contributed by atoms with E-state index in [0.717, 1.165) is 17.7 Å². The van der Waals surface area contributed by atoms with Gasteiger partial charge in [-0.25, -0.2) is 0 Å². The standard InChI is InChI=1S/C17H16ClNO2/c1-2-12-5-3-4-6-17(12)21-11-13-9-14(18)7-8-15(13)16(20)10-19/h3-9,16,20H,2,11H2,1H3. The van der Waals surface area contributed by atoms with Crippen LogP contribution in [-0.4, -0.2) is 5.11 Å².